The highest BCUT2D eigenvalue weighted by atomic mass is 16.2. The predicted octanol–water partition coefficient (Wildman–Crippen LogP) is 16.4. The number of carbonyl (C=O) groups is 6. The largest absolute Gasteiger partial charge is 0.311 e. The summed E-state index contributed by atoms with van der Waals surface area (Å²) < 4.78 is 0. The summed E-state index contributed by atoms with van der Waals surface area (Å²) in [6, 6.07) is 63.0. The van der Waals surface area contributed by atoms with Gasteiger partial charge < -0.3 is 5.32 Å². The fourth-order valence-electron chi connectivity index (χ4n) is 14.5. The first-order chi connectivity index (χ1) is 56.5. The Hall–Kier alpha value is -13.2. The average molecular weight is 1560 g/mol. The first-order valence-corrected chi connectivity index (χ1v) is 39.6. The summed E-state index contributed by atoms with van der Waals surface area (Å²) >= 11 is 0. The minimum Gasteiger partial charge on any atom is -0.311 e. The topological polar surface area (TPSA) is 284 Å². The van der Waals surface area contributed by atoms with E-state index < -0.39 is 5.91 Å². The molecule has 0 fully saturated rings. The van der Waals surface area contributed by atoms with Crippen LogP contribution in [0.2, 0.25) is 0 Å². The molecule has 16 rings (SSSR count). The van der Waals surface area contributed by atoms with Crippen molar-refractivity contribution in [2.24, 2.45) is 5.84 Å². The molecule has 0 bridgehead atoms. The number of nitrogens with zero attached hydrogens (tertiary/aromatic N) is 13. The number of fused-ring (bicyclic) bond motifs is 4. The Morgan fingerprint density at radius 2 is 0.667 bits per heavy atom. The van der Waals surface area contributed by atoms with Gasteiger partial charge in [-0.05, 0) is 128 Å². The van der Waals surface area contributed by atoms with Gasteiger partial charge in [-0.3, -0.25) is 59.2 Å². The third kappa shape index (κ3) is 18.2. The highest BCUT2D eigenvalue weighted by Crippen LogP contribution is 2.43. The summed E-state index contributed by atoms with van der Waals surface area (Å²) in [6.07, 6.45) is 7.37. The van der Waals surface area contributed by atoms with Gasteiger partial charge in [0.05, 0.1) is 59.8 Å². The molecule has 0 spiro atoms. The van der Waals surface area contributed by atoms with Crippen LogP contribution in [0.15, 0.2) is 194 Å². The highest BCUT2D eigenvalue weighted by molar-refractivity contribution is 6.12. The quantitative estimate of drug-likeness (QED) is 0.0239. The van der Waals surface area contributed by atoms with Gasteiger partial charge >= 0.3 is 0 Å². The van der Waals surface area contributed by atoms with Crippen LogP contribution in [0.1, 0.15) is 145 Å². The number of amides is 6. The van der Waals surface area contributed by atoms with Gasteiger partial charge in [0, 0.05) is 65.1 Å². The molecule has 0 aliphatic carbocycles. The van der Waals surface area contributed by atoms with E-state index in [1.54, 1.807) is 38.7 Å². The molecule has 23 nitrogen and oxygen atoms in total. The number of benzene rings is 8. The maximum absolute atomic E-state index is 13.0. The van der Waals surface area contributed by atoms with Crippen LogP contribution < -0.4 is 41.6 Å². The molecule has 0 saturated carbocycles. The monoisotopic (exact) mass is 1560 g/mol. The summed E-state index contributed by atoms with van der Waals surface area (Å²) in [4.78, 5) is 122. The van der Waals surface area contributed by atoms with Crippen molar-refractivity contribution < 1.29 is 28.8 Å². The van der Waals surface area contributed by atoms with Crippen LogP contribution in [0.3, 0.4) is 0 Å². The predicted molar refractivity (Wildman–Crippen MR) is 460 cm³/mol. The summed E-state index contributed by atoms with van der Waals surface area (Å²) in [6.45, 7) is 22.0. The summed E-state index contributed by atoms with van der Waals surface area (Å²) in [5, 5.41) is 5.03. The SMILES string of the molecule is CCCCCc1nc(-c2ccc(C)cc2)nc2c1CC(=O)N2c1ccccc1C.CCCCNCc1nc(-c2ccc(C)cc2)nc2c1CC(=O)N2c1ccccc1C.Cc1ccc(-c2nc(C(=O)NN(C)C)c3c(n2)N(c2ccccc2C)C(=O)C3)cc1.Cc1ccc(-c2nc(C(=O)NN)c3c(n2)N(c2ccccc2C)C(=O)C3)cc1. The van der Waals surface area contributed by atoms with Crippen molar-refractivity contribution in [1.82, 2.24) is 61.0 Å². The maximum Gasteiger partial charge on any atom is 0.284 e. The summed E-state index contributed by atoms with van der Waals surface area (Å²) in [7, 11) is 3.45. The Kier molecular flexibility index (Phi) is 25.5. The van der Waals surface area contributed by atoms with Gasteiger partial charge in [-0.25, -0.2) is 50.7 Å². The number of aromatic nitrogens is 8. The minimum atomic E-state index is -0.550. The van der Waals surface area contributed by atoms with Gasteiger partial charge in [0.15, 0.2) is 23.3 Å². The summed E-state index contributed by atoms with van der Waals surface area (Å²) in [5.74, 6) is 8.74. The van der Waals surface area contributed by atoms with Crippen molar-refractivity contribution >= 4 is 81.5 Å². The molecule has 8 heterocycles. The van der Waals surface area contributed by atoms with Crippen molar-refractivity contribution in [3.05, 3.63) is 284 Å². The first kappa shape index (κ1) is 81.8. The average Bonchev–Trinajstić information content (AvgIpc) is 1.64. The van der Waals surface area contributed by atoms with Crippen molar-refractivity contribution in [3.8, 4) is 45.6 Å². The smallest absolute Gasteiger partial charge is 0.284 e. The maximum atomic E-state index is 13.0. The lowest BCUT2D eigenvalue weighted by Crippen LogP contribution is -2.37. The van der Waals surface area contributed by atoms with Crippen LogP contribution >= 0.6 is 0 Å². The number of hydrogen-bond acceptors (Lipinski definition) is 17. The zero-order chi connectivity index (χ0) is 82.7. The number of anilines is 8. The van der Waals surface area contributed by atoms with Crippen LogP contribution in [-0.4, -0.2) is 101 Å². The normalized spacial score (nSPS) is 13.0. The molecule has 0 atom stereocenters. The molecule has 594 valence electrons. The van der Waals surface area contributed by atoms with E-state index in [9.17, 15) is 28.8 Å². The van der Waals surface area contributed by atoms with E-state index in [1.165, 1.54) is 11.1 Å². The second kappa shape index (κ2) is 36.5. The molecule has 0 saturated heterocycles. The lowest BCUT2D eigenvalue weighted by atomic mass is 10.1. The fourth-order valence-corrected chi connectivity index (χ4v) is 14.5. The first-order valence-electron chi connectivity index (χ1n) is 39.6. The van der Waals surface area contributed by atoms with Gasteiger partial charge in [0.25, 0.3) is 11.8 Å². The fraction of sp³-hybridized carbons (Fsp3) is 0.255. The number of aryl methyl sites for hydroxylation is 9. The number of carbonyl (C=O) groups excluding carboxylic acids is 6. The van der Waals surface area contributed by atoms with Crippen molar-refractivity contribution in [2.45, 2.75) is 140 Å². The Morgan fingerprint density at radius 1 is 0.368 bits per heavy atom. The van der Waals surface area contributed by atoms with E-state index in [0.29, 0.717) is 71.3 Å². The molecule has 6 amide bonds. The third-order valence-electron chi connectivity index (χ3n) is 20.8. The van der Waals surface area contributed by atoms with Crippen molar-refractivity contribution in [2.75, 3.05) is 40.2 Å². The van der Waals surface area contributed by atoms with Crippen LogP contribution in [0, 0.1) is 55.4 Å². The molecule has 4 aliphatic rings. The Labute approximate surface area is 682 Å². The summed E-state index contributed by atoms with van der Waals surface area (Å²) in [5.41, 5.74) is 25.4. The molecule has 4 aliphatic heterocycles. The zero-order valence-electron chi connectivity index (χ0n) is 68.3. The van der Waals surface area contributed by atoms with E-state index in [0.717, 1.165) is 152 Å². The number of para-hydroxylation sites is 4. The molecular weight excluding hydrogens is 1460 g/mol. The molecule has 117 heavy (non-hydrogen) atoms. The number of nitrogens with two attached hydrogens (primary N) is 1. The lowest BCUT2D eigenvalue weighted by Gasteiger charge is -2.20. The highest BCUT2D eigenvalue weighted by Gasteiger charge is 2.40. The Morgan fingerprint density at radius 3 is 0.991 bits per heavy atom. The lowest BCUT2D eigenvalue weighted by molar-refractivity contribution is -0.117. The zero-order valence-corrected chi connectivity index (χ0v) is 68.3. The van der Waals surface area contributed by atoms with Crippen LogP contribution in [0.5, 0.6) is 0 Å². The number of rotatable bonds is 20. The second-order valence-corrected chi connectivity index (χ2v) is 30.0. The standard InChI is InChI=1S/C25H28N4O.C25H27N3O.C23H23N5O2.C21H19N5O2/c1-4-5-14-26-16-21-20-15-23(30)29(22-9-7-6-8-18(22)3)25(20)28-24(27-21)19-12-10-17(2)11-13-19;1-4-5-6-10-21-20-16-23(29)28(22-11-8-7-9-18(22)3)25(20)27-24(26-21)19-14-12-17(2)13-15-19;1-14-9-11-16(12-10-14)21-24-20(23(30)26-27(3)4)17-13-19(29)28(22(17)25-21)18-8-6-5-7-15(18)2;1-12-7-9-14(10-8-12)19-23-18(21(28)25-22)15-11-17(27)26(20(15)24-19)16-6-4-3-5-13(16)2/h6-13,26H,4-5,14-16H2,1-3H3;7-9,11-15H,4-6,10,16H2,1-3H3;5-12H,13H2,1-4H3,(H,26,30);3-10H,11,22H2,1-2H3,(H,25,28). The van der Waals surface area contributed by atoms with Crippen LogP contribution in [-0.2, 0) is 57.8 Å². The number of unbranched alkanes of at least 4 members (excludes halogenated alkanes) is 3. The number of nitrogen functional groups attached to an aromatic ring is 1. The third-order valence-corrected chi connectivity index (χ3v) is 20.8. The van der Waals surface area contributed by atoms with E-state index >= 15 is 0 Å². The van der Waals surface area contributed by atoms with Gasteiger partial charge in [-0.2, -0.15) is 0 Å². The molecule has 8 aromatic carbocycles. The molecule has 23 heteroatoms. The molecular formula is C94H97N17O6. The van der Waals surface area contributed by atoms with Gasteiger partial charge in [0.2, 0.25) is 23.6 Å². The number of nitrogens with one attached hydrogen (secondary N) is 3. The molecule has 12 aromatic rings. The number of hydrazine groups is 2. The van der Waals surface area contributed by atoms with E-state index in [2.05, 4.69) is 95.2 Å². The van der Waals surface area contributed by atoms with E-state index in [-0.39, 0.29) is 53.8 Å². The second-order valence-electron chi connectivity index (χ2n) is 30.0. The van der Waals surface area contributed by atoms with Gasteiger partial charge in [-0.1, -0.05) is 225 Å². The van der Waals surface area contributed by atoms with Crippen molar-refractivity contribution in [3.63, 3.8) is 0 Å². The Bertz CT molecular complexity index is 5740. The molecule has 4 aromatic heterocycles. The minimum absolute atomic E-state index is 0.0423. The molecule has 5 N–H and O–H groups in total. The number of hydrogen-bond donors (Lipinski definition) is 4. The Balaban J connectivity index is 0.000000136. The van der Waals surface area contributed by atoms with Gasteiger partial charge in [0.1, 0.15) is 34.7 Å². The molecule has 0 unspecified atom stereocenters. The molecule has 0 radical (unpaired) electrons. The van der Waals surface area contributed by atoms with Crippen LogP contribution in [0.4, 0.5) is 46.0 Å². The van der Waals surface area contributed by atoms with Crippen LogP contribution in [0.25, 0.3) is 45.6 Å². The van der Waals surface area contributed by atoms with E-state index in [1.807, 2.05) is 199 Å². The van der Waals surface area contributed by atoms with Crippen molar-refractivity contribution in [1.29, 1.82) is 0 Å². The van der Waals surface area contributed by atoms with E-state index in [4.69, 9.17) is 30.8 Å². The van der Waals surface area contributed by atoms with Gasteiger partial charge in [-0.15, -0.1) is 0 Å².